The Morgan fingerprint density at radius 1 is 0.824 bits per heavy atom. The predicted octanol–water partition coefficient (Wildman–Crippen LogP) is 5.07. The summed E-state index contributed by atoms with van der Waals surface area (Å²) in [5.41, 5.74) is 2.46. The van der Waals surface area contributed by atoms with Crippen LogP contribution in [0.4, 0.5) is 0 Å². The van der Waals surface area contributed by atoms with Gasteiger partial charge in [0.1, 0.15) is 0 Å². The van der Waals surface area contributed by atoms with Crippen LogP contribution >= 0.6 is 15.9 Å². The van der Waals surface area contributed by atoms with Crippen LogP contribution in [0, 0.1) is 6.07 Å². The Hall–Kier alpha value is -1.60. The molecule has 0 aliphatic rings. The van der Waals surface area contributed by atoms with Crippen LogP contribution in [0.25, 0.3) is 21.9 Å². The minimum atomic E-state index is 1.10. The Kier molecular flexibility index (Phi) is 2.69. The highest BCUT2D eigenvalue weighted by molar-refractivity contribution is 9.10. The normalized spacial score (nSPS) is 10.6. The molecule has 0 unspecified atom stereocenters. The van der Waals surface area contributed by atoms with Crippen molar-refractivity contribution < 1.29 is 0 Å². The molecule has 0 N–H and O–H groups in total. The minimum Gasteiger partial charge on any atom is -0.0610 e. The SMILES string of the molecule is Brc1ccc(-c2cccc3ccc[c]c23)cc1. The van der Waals surface area contributed by atoms with Gasteiger partial charge in [0.2, 0.25) is 0 Å². The summed E-state index contributed by atoms with van der Waals surface area (Å²) < 4.78 is 1.10. The van der Waals surface area contributed by atoms with Crippen LogP contribution < -0.4 is 0 Å². The van der Waals surface area contributed by atoms with Crippen LogP contribution in [0.15, 0.2) is 65.1 Å². The molecule has 0 fully saturated rings. The highest BCUT2D eigenvalue weighted by atomic mass is 79.9. The van der Waals surface area contributed by atoms with E-state index >= 15 is 0 Å². The zero-order valence-electron chi connectivity index (χ0n) is 9.15. The number of hydrogen-bond donors (Lipinski definition) is 0. The Balaban J connectivity index is 2.27. The van der Waals surface area contributed by atoms with E-state index in [-0.39, 0.29) is 0 Å². The lowest BCUT2D eigenvalue weighted by Crippen LogP contribution is -1.81. The number of rotatable bonds is 1. The zero-order valence-corrected chi connectivity index (χ0v) is 10.7. The lowest BCUT2D eigenvalue weighted by atomic mass is 9.98. The molecule has 3 rings (SSSR count). The van der Waals surface area contributed by atoms with E-state index in [2.05, 4.69) is 70.5 Å². The van der Waals surface area contributed by atoms with Gasteiger partial charge in [-0.1, -0.05) is 64.5 Å². The van der Waals surface area contributed by atoms with Gasteiger partial charge in [-0.3, -0.25) is 0 Å². The van der Waals surface area contributed by atoms with E-state index in [1.807, 2.05) is 12.1 Å². The second-order valence-corrected chi connectivity index (χ2v) is 4.86. The zero-order chi connectivity index (χ0) is 11.7. The van der Waals surface area contributed by atoms with E-state index in [4.69, 9.17) is 0 Å². The van der Waals surface area contributed by atoms with E-state index in [1.54, 1.807) is 0 Å². The molecule has 1 radical (unpaired) electrons. The molecule has 0 heterocycles. The molecule has 3 aromatic rings. The summed E-state index contributed by atoms with van der Waals surface area (Å²) in [5, 5.41) is 2.41. The van der Waals surface area contributed by atoms with Crippen LogP contribution in [0.5, 0.6) is 0 Å². The van der Waals surface area contributed by atoms with Gasteiger partial charge in [0.05, 0.1) is 0 Å². The lowest BCUT2D eigenvalue weighted by Gasteiger charge is -2.06. The van der Waals surface area contributed by atoms with E-state index in [0.717, 1.165) is 4.47 Å². The van der Waals surface area contributed by atoms with Crippen LogP contribution in [0.3, 0.4) is 0 Å². The first-order valence-electron chi connectivity index (χ1n) is 5.50. The highest BCUT2D eigenvalue weighted by Gasteiger charge is 2.02. The molecule has 0 aromatic heterocycles. The van der Waals surface area contributed by atoms with Gasteiger partial charge in [-0.15, -0.1) is 0 Å². The molecule has 0 spiro atoms. The van der Waals surface area contributed by atoms with Crippen molar-refractivity contribution in [2.75, 3.05) is 0 Å². The van der Waals surface area contributed by atoms with E-state index in [9.17, 15) is 0 Å². The molecule has 81 valence electrons. The summed E-state index contributed by atoms with van der Waals surface area (Å²) in [7, 11) is 0. The first kappa shape index (κ1) is 10.5. The number of halogens is 1. The molecule has 0 atom stereocenters. The van der Waals surface area contributed by atoms with Crippen molar-refractivity contribution in [3.63, 3.8) is 0 Å². The maximum Gasteiger partial charge on any atom is 0.0175 e. The Labute approximate surface area is 109 Å². The van der Waals surface area contributed by atoms with Crippen LogP contribution in [-0.2, 0) is 0 Å². The molecule has 0 saturated carbocycles. The number of fused-ring (bicyclic) bond motifs is 1. The van der Waals surface area contributed by atoms with E-state index in [0.29, 0.717) is 0 Å². The van der Waals surface area contributed by atoms with E-state index in [1.165, 1.54) is 21.9 Å². The topological polar surface area (TPSA) is 0 Å². The van der Waals surface area contributed by atoms with Crippen molar-refractivity contribution in [1.82, 2.24) is 0 Å². The summed E-state index contributed by atoms with van der Waals surface area (Å²) in [5.74, 6) is 0. The Morgan fingerprint density at radius 3 is 2.41 bits per heavy atom. The summed E-state index contributed by atoms with van der Waals surface area (Å²) in [4.78, 5) is 0. The molecule has 0 amide bonds. The standard InChI is InChI=1S/C16H10Br/c17-14-10-8-13(9-11-14)16-7-3-5-12-4-1-2-6-15(12)16/h1-5,7-11H. The molecule has 0 aliphatic heterocycles. The van der Waals surface area contributed by atoms with Crippen LogP contribution in [-0.4, -0.2) is 0 Å². The first-order valence-corrected chi connectivity index (χ1v) is 6.29. The van der Waals surface area contributed by atoms with Crippen LogP contribution in [0.2, 0.25) is 0 Å². The van der Waals surface area contributed by atoms with Crippen molar-refractivity contribution in [1.29, 1.82) is 0 Å². The van der Waals surface area contributed by atoms with Crippen molar-refractivity contribution in [3.05, 3.63) is 71.2 Å². The average molecular weight is 282 g/mol. The smallest absolute Gasteiger partial charge is 0.0175 e. The molecule has 0 bridgehead atoms. The minimum absolute atomic E-state index is 1.10. The molecule has 17 heavy (non-hydrogen) atoms. The van der Waals surface area contributed by atoms with Gasteiger partial charge < -0.3 is 0 Å². The molecular weight excluding hydrogens is 272 g/mol. The van der Waals surface area contributed by atoms with Gasteiger partial charge >= 0.3 is 0 Å². The third-order valence-electron chi connectivity index (χ3n) is 2.85. The summed E-state index contributed by atoms with van der Waals surface area (Å²) in [6.07, 6.45) is 0. The second-order valence-electron chi connectivity index (χ2n) is 3.95. The van der Waals surface area contributed by atoms with Crippen molar-refractivity contribution in [2.45, 2.75) is 0 Å². The van der Waals surface area contributed by atoms with E-state index < -0.39 is 0 Å². The van der Waals surface area contributed by atoms with Gasteiger partial charge in [0.15, 0.2) is 0 Å². The molecule has 1 heteroatoms. The lowest BCUT2D eigenvalue weighted by molar-refractivity contribution is 1.62. The van der Waals surface area contributed by atoms with Gasteiger partial charge in [0, 0.05) is 4.47 Å². The fraction of sp³-hybridized carbons (Fsp3) is 0. The van der Waals surface area contributed by atoms with Crippen molar-refractivity contribution in [2.24, 2.45) is 0 Å². The molecule has 0 saturated heterocycles. The number of benzene rings is 3. The average Bonchev–Trinajstić information content (AvgIpc) is 2.39. The van der Waals surface area contributed by atoms with Gasteiger partial charge in [-0.2, -0.15) is 0 Å². The Morgan fingerprint density at radius 2 is 1.59 bits per heavy atom. The highest BCUT2D eigenvalue weighted by Crippen LogP contribution is 2.28. The quantitative estimate of drug-likeness (QED) is 0.584. The third kappa shape index (κ3) is 1.98. The molecular formula is C16H10Br. The largest absolute Gasteiger partial charge is 0.0610 e. The summed E-state index contributed by atoms with van der Waals surface area (Å²) in [6, 6.07) is 24.2. The van der Waals surface area contributed by atoms with Gasteiger partial charge in [0.25, 0.3) is 0 Å². The van der Waals surface area contributed by atoms with Crippen LogP contribution in [0.1, 0.15) is 0 Å². The van der Waals surface area contributed by atoms with Crippen molar-refractivity contribution >= 4 is 26.7 Å². The summed E-state index contributed by atoms with van der Waals surface area (Å²) >= 11 is 3.46. The fourth-order valence-corrected chi connectivity index (χ4v) is 2.29. The molecule has 0 aliphatic carbocycles. The fourth-order valence-electron chi connectivity index (χ4n) is 2.02. The Bertz CT molecular complexity index is 648. The van der Waals surface area contributed by atoms with Gasteiger partial charge in [-0.05, 0) is 40.1 Å². The maximum atomic E-state index is 3.46. The maximum absolute atomic E-state index is 3.46. The second kappa shape index (κ2) is 4.34. The number of hydrogen-bond acceptors (Lipinski definition) is 0. The summed E-state index contributed by atoms with van der Waals surface area (Å²) in [6.45, 7) is 0. The molecule has 3 aromatic carbocycles. The third-order valence-corrected chi connectivity index (χ3v) is 3.38. The van der Waals surface area contributed by atoms with Gasteiger partial charge in [-0.25, -0.2) is 0 Å². The predicted molar refractivity (Wildman–Crippen MR) is 75.9 cm³/mol. The first-order chi connectivity index (χ1) is 8.34. The molecule has 0 nitrogen and oxygen atoms in total. The monoisotopic (exact) mass is 281 g/mol. The van der Waals surface area contributed by atoms with Crippen molar-refractivity contribution in [3.8, 4) is 11.1 Å².